The fourth-order valence-electron chi connectivity index (χ4n) is 14.2. The van der Waals surface area contributed by atoms with Crippen molar-refractivity contribution in [3.05, 3.63) is 375 Å². The van der Waals surface area contributed by atoms with E-state index >= 15 is 22.0 Å². The Labute approximate surface area is 521 Å². The minimum absolute atomic E-state index is 0.169. The van der Waals surface area contributed by atoms with Crippen LogP contribution < -0.4 is 4.90 Å². The largest absolute Gasteiger partial charge is 0.361 e. The van der Waals surface area contributed by atoms with Crippen LogP contribution in [0.5, 0.6) is 0 Å². The summed E-state index contributed by atoms with van der Waals surface area (Å²) in [5, 5.41) is 2.04. The summed E-state index contributed by atoms with van der Waals surface area (Å²) < 4.78 is 86.5. The van der Waals surface area contributed by atoms with Gasteiger partial charge in [0.1, 0.15) is 29.1 Å². The molecule has 1 heterocycles. The first kappa shape index (κ1) is 62.4. The van der Waals surface area contributed by atoms with Gasteiger partial charge in [0.15, 0.2) is 0 Å². The van der Waals surface area contributed by atoms with Gasteiger partial charge >= 0.3 is 0 Å². The lowest BCUT2D eigenvalue weighted by Crippen LogP contribution is -2.55. The molecule has 0 amide bonds. The van der Waals surface area contributed by atoms with Gasteiger partial charge in [-0.2, -0.15) is 0 Å². The number of rotatable bonds is 24. The average molecular weight is 1190 g/mol. The van der Waals surface area contributed by atoms with Crippen molar-refractivity contribution >= 4 is 17.0 Å². The summed E-state index contributed by atoms with van der Waals surface area (Å²) in [5.41, 5.74) is 2.42. The Balaban J connectivity index is 0.00000134. The lowest BCUT2D eigenvalue weighted by Gasteiger charge is -2.53. The zero-order valence-electron chi connectivity index (χ0n) is 50.2. The van der Waals surface area contributed by atoms with E-state index in [9.17, 15) is 0 Å². The van der Waals surface area contributed by atoms with Crippen LogP contribution in [0.3, 0.4) is 0 Å². The van der Waals surface area contributed by atoms with E-state index in [0.29, 0.717) is 47.2 Å². The van der Waals surface area contributed by atoms with Crippen LogP contribution in [0.15, 0.2) is 278 Å². The van der Waals surface area contributed by atoms with Crippen molar-refractivity contribution < 1.29 is 22.0 Å². The highest BCUT2D eigenvalue weighted by atomic mass is 32.1. The van der Waals surface area contributed by atoms with Crippen molar-refractivity contribution in [3.8, 4) is 0 Å². The summed E-state index contributed by atoms with van der Waals surface area (Å²) in [5.74, 6) is -2.68. The first-order valence-electron chi connectivity index (χ1n) is 30.5. The first-order valence-corrected chi connectivity index (χ1v) is 31.4. The number of benzene rings is 10. The van der Waals surface area contributed by atoms with Crippen LogP contribution in [0.4, 0.5) is 27.6 Å². The molecule has 0 saturated heterocycles. The highest BCUT2D eigenvalue weighted by Crippen LogP contribution is 2.58. The van der Waals surface area contributed by atoms with Gasteiger partial charge in [-0.1, -0.05) is 231 Å². The molecule has 0 aliphatic rings. The molecule has 10 aromatic carbocycles. The highest BCUT2D eigenvalue weighted by Gasteiger charge is 2.53. The Morgan fingerprint density at radius 3 is 1.49 bits per heavy atom. The quantitative estimate of drug-likeness (QED) is 0.0545. The lowest BCUT2D eigenvalue weighted by atomic mass is 9.55. The Hall–Kier alpha value is -8.65. The summed E-state index contributed by atoms with van der Waals surface area (Å²) in [7, 11) is 0. The monoisotopic (exact) mass is 1190 g/mol. The number of likely N-dealkylation sites (N-methyl/N-ethyl adjacent to an activating group) is 1. The number of thiophene rings is 1. The maximum atomic E-state index is 17.9. The van der Waals surface area contributed by atoms with Crippen LogP contribution in [-0.2, 0) is 34.6 Å². The van der Waals surface area contributed by atoms with Gasteiger partial charge in [-0.25, -0.2) is 22.0 Å². The van der Waals surface area contributed by atoms with Gasteiger partial charge in [0.2, 0.25) is 0 Å². The minimum atomic E-state index is -1.26. The second-order valence-corrected chi connectivity index (χ2v) is 24.3. The summed E-state index contributed by atoms with van der Waals surface area (Å²) in [6, 6.07) is 90.6. The molecular formula is C81H74F5NS. The minimum Gasteiger partial charge on any atom is -0.361 e. The fraction of sp³-hybridized carbons (Fsp3) is 0.210. The highest BCUT2D eigenvalue weighted by molar-refractivity contribution is 7.10. The van der Waals surface area contributed by atoms with Gasteiger partial charge in [0.05, 0.1) is 5.54 Å². The zero-order chi connectivity index (χ0) is 61.4. The number of halogens is 5. The third-order valence-corrected chi connectivity index (χ3v) is 19.2. The van der Waals surface area contributed by atoms with E-state index in [4.69, 9.17) is 0 Å². The topological polar surface area (TPSA) is 3.24 Å². The van der Waals surface area contributed by atoms with Gasteiger partial charge in [0.25, 0.3) is 0 Å². The van der Waals surface area contributed by atoms with E-state index in [1.165, 1.54) is 30.3 Å². The Bertz CT molecular complexity index is 3910. The maximum Gasteiger partial charge on any atom is 0.131 e. The number of aryl methyl sites for hydroxylation is 2. The molecule has 0 bridgehead atoms. The molecule has 88 heavy (non-hydrogen) atoms. The van der Waals surface area contributed by atoms with Gasteiger partial charge in [-0.3, -0.25) is 0 Å². The molecule has 11 rings (SSSR count). The smallest absolute Gasteiger partial charge is 0.131 e. The van der Waals surface area contributed by atoms with E-state index < -0.39 is 51.0 Å². The molecule has 0 saturated carbocycles. The molecule has 444 valence electrons. The van der Waals surface area contributed by atoms with E-state index in [2.05, 4.69) is 79.4 Å². The second kappa shape index (κ2) is 28.9. The van der Waals surface area contributed by atoms with Crippen LogP contribution in [0.25, 0.3) is 0 Å². The summed E-state index contributed by atoms with van der Waals surface area (Å²) in [6.45, 7) is 6.65. The van der Waals surface area contributed by atoms with Crippen LogP contribution in [0.2, 0.25) is 0 Å². The standard InChI is InChI=1S/C75H69F5NS.C6H5/c1-4-81(62-36-22-26-55(2)50-62)75(66-40-17-21-44-70(66)80,53-58-29-23-35-61(76)51-58)56(3)52-72(59-31-10-6-11-32-59,63-37-14-18-41-67(63)77)47-48-73(60-33-12-7-13-34-60,64-38-15-19-42-68(64)78)54-74(71-45-25-49-82-71,65-39-16-20-43-69(65)79)46-24-30-57-27-8-5-9-28-57;1-2-4-6-5-3-1/h5-23,25-29,31-34,36-45,49-51,56H,4,24,30,46-48,52-54H2,1-3H3;1-5H/t56?,72?,73-,74?,75?;/m0./s1. The second-order valence-electron chi connectivity index (χ2n) is 23.3. The lowest BCUT2D eigenvalue weighted by molar-refractivity contribution is 0.195. The van der Waals surface area contributed by atoms with Crippen LogP contribution in [0.1, 0.15) is 107 Å². The van der Waals surface area contributed by atoms with Crippen molar-refractivity contribution in [2.45, 2.75) is 93.9 Å². The fourth-order valence-corrected chi connectivity index (χ4v) is 15.2. The van der Waals surface area contributed by atoms with Crippen LogP contribution in [-0.4, -0.2) is 6.54 Å². The number of hydrogen-bond acceptors (Lipinski definition) is 2. The molecule has 0 aliphatic carbocycles. The van der Waals surface area contributed by atoms with Crippen molar-refractivity contribution in [3.63, 3.8) is 0 Å². The zero-order valence-corrected chi connectivity index (χ0v) is 51.1. The van der Waals surface area contributed by atoms with E-state index in [-0.39, 0.29) is 37.9 Å². The molecule has 0 aliphatic heterocycles. The van der Waals surface area contributed by atoms with Crippen molar-refractivity contribution in [2.24, 2.45) is 5.92 Å². The van der Waals surface area contributed by atoms with E-state index in [1.54, 1.807) is 41.7 Å². The van der Waals surface area contributed by atoms with Gasteiger partial charge in [-0.15, -0.1) is 11.3 Å². The van der Waals surface area contributed by atoms with Gasteiger partial charge in [-0.05, 0) is 169 Å². The molecule has 7 heteroatoms. The summed E-state index contributed by atoms with van der Waals surface area (Å²) in [4.78, 5) is 3.21. The number of nitrogens with zero attached hydrogens (tertiary/aromatic N) is 1. The maximum absolute atomic E-state index is 17.9. The van der Waals surface area contributed by atoms with E-state index in [1.807, 2.05) is 176 Å². The molecule has 11 aromatic rings. The summed E-state index contributed by atoms with van der Waals surface area (Å²) >= 11 is 1.58. The normalized spacial score (nSPS) is 14.4. The third kappa shape index (κ3) is 13.6. The van der Waals surface area contributed by atoms with Gasteiger partial charge in [0, 0.05) is 51.4 Å². The molecule has 0 N–H and O–H groups in total. The van der Waals surface area contributed by atoms with E-state index in [0.717, 1.165) is 39.2 Å². The number of anilines is 1. The Morgan fingerprint density at radius 2 is 0.977 bits per heavy atom. The van der Waals surface area contributed by atoms with Crippen molar-refractivity contribution in [2.75, 3.05) is 11.4 Å². The molecule has 2 radical (unpaired) electrons. The first-order chi connectivity index (χ1) is 42.9. The van der Waals surface area contributed by atoms with Crippen molar-refractivity contribution in [1.29, 1.82) is 0 Å². The summed E-state index contributed by atoms with van der Waals surface area (Å²) in [6.07, 6.45) is 3.08. The Morgan fingerprint density at radius 1 is 0.466 bits per heavy atom. The van der Waals surface area contributed by atoms with Crippen LogP contribution in [0, 0.1) is 54.1 Å². The average Bonchev–Trinajstić information content (AvgIpc) is 0.883. The molecule has 1 aromatic heterocycles. The van der Waals surface area contributed by atoms with Gasteiger partial charge < -0.3 is 4.90 Å². The number of hydrogen-bond donors (Lipinski definition) is 0. The predicted molar refractivity (Wildman–Crippen MR) is 352 cm³/mol. The van der Waals surface area contributed by atoms with Crippen LogP contribution >= 0.6 is 11.3 Å². The predicted octanol–water partition coefficient (Wildman–Crippen LogP) is 21.2. The third-order valence-electron chi connectivity index (χ3n) is 18.1. The Kier molecular flexibility index (Phi) is 20.5. The molecule has 0 fully saturated rings. The van der Waals surface area contributed by atoms with Crippen molar-refractivity contribution in [1.82, 2.24) is 0 Å². The molecule has 4 unspecified atom stereocenters. The molecule has 1 nitrogen and oxygen atoms in total. The molecular weight excluding hydrogens is 1110 g/mol. The SMILES string of the molecule is CCN(c1cccc(C)c1)C(Cc1cc[c]c(F)c1)(c1ccccc1F)C(C)CC(CC[C@](CC(CCCc1ccccc1)(c1cccs1)c1ccccc1F)(c1ccccc1)c1ccccc1F)(c1ccccc1)c1ccccc1F.[c]1ccccc1. The molecule has 5 atom stereocenters. The molecule has 0 spiro atoms.